The van der Waals surface area contributed by atoms with Gasteiger partial charge in [0.05, 0.1) is 23.8 Å². The SMILES string of the molecule is O=C(Cn1cnc2ccccc2c1=O)[C@H]1C[C@@]12CCCCN2. The van der Waals surface area contributed by atoms with Crippen LogP contribution >= 0.6 is 0 Å². The van der Waals surface area contributed by atoms with E-state index in [0.29, 0.717) is 10.9 Å². The number of aromatic nitrogens is 2. The van der Waals surface area contributed by atoms with E-state index < -0.39 is 0 Å². The lowest BCUT2D eigenvalue weighted by Gasteiger charge is -2.24. The molecule has 0 unspecified atom stereocenters. The van der Waals surface area contributed by atoms with Crippen LogP contribution < -0.4 is 10.9 Å². The Morgan fingerprint density at radius 1 is 1.36 bits per heavy atom. The van der Waals surface area contributed by atoms with Gasteiger partial charge < -0.3 is 5.32 Å². The number of para-hydroxylation sites is 1. The maximum absolute atomic E-state index is 12.5. The van der Waals surface area contributed by atoms with Gasteiger partial charge >= 0.3 is 0 Å². The van der Waals surface area contributed by atoms with Gasteiger partial charge in [-0.05, 0) is 37.9 Å². The van der Waals surface area contributed by atoms with Crippen LogP contribution in [0.4, 0.5) is 0 Å². The summed E-state index contributed by atoms with van der Waals surface area (Å²) in [6.45, 7) is 1.13. The van der Waals surface area contributed by atoms with Crippen molar-refractivity contribution in [2.45, 2.75) is 37.8 Å². The lowest BCUT2D eigenvalue weighted by molar-refractivity contribution is -0.121. The Labute approximate surface area is 128 Å². The normalized spacial score (nSPS) is 27.2. The van der Waals surface area contributed by atoms with E-state index in [4.69, 9.17) is 0 Å². The number of carbonyl (C=O) groups excluding carboxylic acids is 1. The first-order valence-electron chi connectivity index (χ1n) is 7.92. The highest BCUT2D eigenvalue weighted by Gasteiger charge is 2.57. The van der Waals surface area contributed by atoms with Crippen molar-refractivity contribution >= 4 is 16.7 Å². The Bertz CT molecular complexity index is 790. The Kier molecular flexibility index (Phi) is 3.11. The van der Waals surface area contributed by atoms with E-state index in [1.807, 2.05) is 18.2 Å². The van der Waals surface area contributed by atoms with Crippen LogP contribution in [0.2, 0.25) is 0 Å². The highest BCUT2D eigenvalue weighted by Crippen LogP contribution is 2.49. The summed E-state index contributed by atoms with van der Waals surface area (Å²) in [6.07, 6.45) is 5.87. The van der Waals surface area contributed by atoms with Gasteiger partial charge in [0, 0.05) is 11.5 Å². The summed E-state index contributed by atoms with van der Waals surface area (Å²) in [7, 11) is 0. The van der Waals surface area contributed by atoms with Crippen LogP contribution in [0.25, 0.3) is 10.9 Å². The van der Waals surface area contributed by atoms with Crippen LogP contribution in [0.5, 0.6) is 0 Å². The quantitative estimate of drug-likeness (QED) is 0.932. The minimum absolute atomic E-state index is 0.0310. The minimum Gasteiger partial charge on any atom is -0.310 e. The fourth-order valence-electron chi connectivity index (χ4n) is 3.69. The van der Waals surface area contributed by atoms with E-state index in [2.05, 4.69) is 10.3 Å². The molecule has 1 saturated heterocycles. The van der Waals surface area contributed by atoms with Gasteiger partial charge in [-0.25, -0.2) is 4.98 Å². The van der Waals surface area contributed by atoms with Crippen molar-refractivity contribution in [3.63, 3.8) is 0 Å². The molecular weight excluding hydrogens is 278 g/mol. The Morgan fingerprint density at radius 3 is 3.05 bits per heavy atom. The molecule has 5 nitrogen and oxygen atoms in total. The molecule has 4 rings (SSSR count). The van der Waals surface area contributed by atoms with Crippen LogP contribution in [0, 0.1) is 5.92 Å². The fraction of sp³-hybridized carbons (Fsp3) is 0.471. The van der Waals surface area contributed by atoms with E-state index in [9.17, 15) is 9.59 Å². The van der Waals surface area contributed by atoms with Crippen molar-refractivity contribution in [1.29, 1.82) is 0 Å². The molecule has 2 aliphatic rings. The summed E-state index contributed by atoms with van der Waals surface area (Å²) in [5, 5.41) is 4.08. The molecule has 1 aromatic carbocycles. The average Bonchev–Trinajstić information content (AvgIpc) is 3.24. The highest BCUT2D eigenvalue weighted by atomic mass is 16.1. The zero-order chi connectivity index (χ0) is 15.2. The Hall–Kier alpha value is -2.01. The molecule has 1 N–H and O–H groups in total. The van der Waals surface area contributed by atoms with Crippen LogP contribution in [-0.2, 0) is 11.3 Å². The van der Waals surface area contributed by atoms with Gasteiger partial charge in [0.25, 0.3) is 5.56 Å². The van der Waals surface area contributed by atoms with Gasteiger partial charge in [0.2, 0.25) is 0 Å². The molecule has 0 bridgehead atoms. The number of ketones is 1. The predicted octanol–water partition coefficient (Wildman–Crippen LogP) is 1.50. The number of nitrogens with zero attached hydrogens (tertiary/aromatic N) is 2. The Morgan fingerprint density at radius 2 is 2.23 bits per heavy atom. The molecule has 1 spiro atoms. The summed E-state index contributed by atoms with van der Waals surface area (Å²) in [5.74, 6) is 0.208. The van der Waals surface area contributed by atoms with Crippen LogP contribution in [0.3, 0.4) is 0 Å². The third-order valence-corrected chi connectivity index (χ3v) is 5.05. The Balaban J connectivity index is 1.55. The molecule has 5 heteroatoms. The monoisotopic (exact) mass is 297 g/mol. The highest BCUT2D eigenvalue weighted by molar-refractivity contribution is 5.86. The first-order valence-corrected chi connectivity index (χ1v) is 7.92. The molecule has 2 heterocycles. The molecule has 2 aromatic rings. The number of piperidine rings is 1. The number of fused-ring (bicyclic) bond motifs is 1. The third kappa shape index (κ3) is 2.16. The number of Topliss-reactive ketones (excluding diaryl/α,β-unsaturated/α-hetero) is 1. The van der Waals surface area contributed by atoms with Gasteiger partial charge in [0.15, 0.2) is 5.78 Å². The second-order valence-corrected chi connectivity index (χ2v) is 6.46. The number of carbonyl (C=O) groups is 1. The van der Waals surface area contributed by atoms with Gasteiger partial charge in [-0.1, -0.05) is 18.6 Å². The van der Waals surface area contributed by atoms with Crippen LogP contribution in [0.1, 0.15) is 25.7 Å². The third-order valence-electron chi connectivity index (χ3n) is 5.05. The van der Waals surface area contributed by atoms with Crippen molar-refractivity contribution in [2.75, 3.05) is 6.54 Å². The van der Waals surface area contributed by atoms with Crippen molar-refractivity contribution in [3.8, 4) is 0 Å². The van der Waals surface area contributed by atoms with Crippen molar-refractivity contribution in [2.24, 2.45) is 5.92 Å². The lowest BCUT2D eigenvalue weighted by Crippen LogP contribution is -2.40. The van der Waals surface area contributed by atoms with Gasteiger partial charge in [-0.15, -0.1) is 0 Å². The fourth-order valence-corrected chi connectivity index (χ4v) is 3.69. The summed E-state index contributed by atoms with van der Waals surface area (Å²) in [4.78, 5) is 29.2. The van der Waals surface area contributed by atoms with Gasteiger partial charge in [-0.2, -0.15) is 0 Å². The molecule has 0 radical (unpaired) electrons. The number of rotatable bonds is 3. The molecule has 1 aromatic heterocycles. The van der Waals surface area contributed by atoms with E-state index >= 15 is 0 Å². The number of hydrogen-bond donors (Lipinski definition) is 1. The van der Waals surface area contributed by atoms with Crippen molar-refractivity contribution < 1.29 is 4.79 Å². The maximum Gasteiger partial charge on any atom is 0.261 e. The smallest absolute Gasteiger partial charge is 0.261 e. The average molecular weight is 297 g/mol. The number of hydrogen-bond acceptors (Lipinski definition) is 4. The van der Waals surface area contributed by atoms with Gasteiger partial charge in [-0.3, -0.25) is 14.2 Å². The minimum atomic E-state index is -0.134. The molecule has 1 aliphatic heterocycles. The van der Waals surface area contributed by atoms with E-state index in [1.54, 1.807) is 6.07 Å². The van der Waals surface area contributed by atoms with Gasteiger partial charge in [0.1, 0.15) is 0 Å². The maximum atomic E-state index is 12.5. The van der Waals surface area contributed by atoms with E-state index in [0.717, 1.165) is 19.4 Å². The molecular formula is C17H19N3O2. The van der Waals surface area contributed by atoms with Crippen molar-refractivity contribution in [1.82, 2.24) is 14.9 Å². The van der Waals surface area contributed by atoms with Crippen LogP contribution in [0.15, 0.2) is 35.4 Å². The topological polar surface area (TPSA) is 64.0 Å². The predicted molar refractivity (Wildman–Crippen MR) is 83.7 cm³/mol. The standard InChI is InChI=1S/C17H19N3O2/c21-15(13-9-17(13)7-3-4-8-19-17)10-20-11-18-14-6-2-1-5-12(14)16(20)22/h1-2,5-6,11,13,19H,3-4,7-10H2/t13-,17+/m1/s1. The second kappa shape index (κ2) is 5.02. The zero-order valence-corrected chi connectivity index (χ0v) is 12.4. The first kappa shape index (κ1) is 13.6. The van der Waals surface area contributed by atoms with Crippen molar-refractivity contribution in [3.05, 3.63) is 40.9 Å². The number of nitrogens with one attached hydrogen (secondary N) is 1. The van der Waals surface area contributed by atoms with Crippen LogP contribution in [-0.4, -0.2) is 27.4 Å². The molecule has 1 aliphatic carbocycles. The summed E-state index contributed by atoms with van der Waals surface area (Å²) < 4.78 is 1.44. The second-order valence-electron chi connectivity index (χ2n) is 6.46. The molecule has 2 atom stereocenters. The van der Waals surface area contributed by atoms with E-state index in [1.165, 1.54) is 23.7 Å². The first-order chi connectivity index (χ1) is 10.7. The zero-order valence-electron chi connectivity index (χ0n) is 12.4. The summed E-state index contributed by atoms with van der Waals surface area (Å²) in [5.41, 5.74) is 0.571. The molecule has 1 saturated carbocycles. The largest absolute Gasteiger partial charge is 0.310 e. The number of benzene rings is 1. The van der Waals surface area contributed by atoms with E-state index in [-0.39, 0.29) is 29.3 Å². The molecule has 114 valence electrons. The summed E-state index contributed by atoms with van der Waals surface area (Å²) in [6, 6.07) is 7.24. The molecule has 0 amide bonds. The molecule has 22 heavy (non-hydrogen) atoms. The summed E-state index contributed by atoms with van der Waals surface area (Å²) >= 11 is 0. The lowest BCUT2D eigenvalue weighted by atomic mass is 9.99. The molecule has 2 fully saturated rings.